The summed E-state index contributed by atoms with van der Waals surface area (Å²) in [6.45, 7) is 16.9. The lowest BCUT2D eigenvalue weighted by atomic mass is 10.1. The van der Waals surface area contributed by atoms with E-state index >= 15 is 0 Å². The minimum Gasteiger partial charge on any atom is -0.478 e. The van der Waals surface area contributed by atoms with Crippen molar-refractivity contribution in [1.82, 2.24) is 39.2 Å². The Morgan fingerprint density at radius 3 is 1.43 bits per heavy atom. The Bertz CT molecular complexity index is 3210. The fraction of sp³-hybridized carbons (Fsp3) is 0.400. The van der Waals surface area contributed by atoms with Crippen LogP contribution in [0.4, 0.5) is 11.6 Å². The number of piperazine rings is 2. The zero-order chi connectivity index (χ0) is 49.9. The van der Waals surface area contributed by atoms with E-state index in [9.17, 15) is 19.2 Å². The van der Waals surface area contributed by atoms with Gasteiger partial charge in [-0.05, 0) is 62.1 Å². The predicted octanol–water partition coefficient (Wildman–Crippen LogP) is 5.32. The van der Waals surface area contributed by atoms with E-state index in [0.29, 0.717) is 51.7 Å². The second-order valence-corrected chi connectivity index (χ2v) is 20.3. The molecule has 22 heteroatoms. The van der Waals surface area contributed by atoms with Gasteiger partial charge in [-0.25, -0.2) is 19.6 Å². The molecule has 20 nitrogen and oxygen atoms in total. The van der Waals surface area contributed by atoms with Gasteiger partial charge in [0.2, 0.25) is 0 Å². The van der Waals surface area contributed by atoms with Crippen LogP contribution in [0.3, 0.4) is 0 Å². The molecule has 6 aromatic heterocycles. The molecule has 72 heavy (non-hydrogen) atoms. The maximum absolute atomic E-state index is 13.1. The normalized spacial score (nSPS) is 16.5. The van der Waals surface area contributed by atoms with E-state index in [1.54, 1.807) is 44.5 Å². The molecule has 2 aromatic carbocycles. The number of rotatable bonds is 10. The van der Waals surface area contributed by atoms with E-state index in [2.05, 4.69) is 65.9 Å². The fourth-order valence-corrected chi connectivity index (χ4v) is 11.8. The maximum atomic E-state index is 13.1. The molecule has 0 aliphatic carbocycles. The number of benzene rings is 2. The first-order valence-corrected chi connectivity index (χ1v) is 25.6. The van der Waals surface area contributed by atoms with Crippen molar-refractivity contribution in [2.24, 2.45) is 0 Å². The molecular formula is C50H54N10O10S2. The van der Waals surface area contributed by atoms with Gasteiger partial charge in [0, 0.05) is 100 Å². The lowest BCUT2D eigenvalue weighted by molar-refractivity contribution is -0.134. The van der Waals surface area contributed by atoms with E-state index in [4.69, 9.17) is 28.7 Å². The molecule has 4 aliphatic heterocycles. The van der Waals surface area contributed by atoms with Crippen LogP contribution in [0, 0.1) is 13.8 Å². The average Bonchev–Trinajstić information content (AvgIpc) is 4.19. The van der Waals surface area contributed by atoms with Crippen LogP contribution in [-0.2, 0) is 58.2 Å². The summed E-state index contributed by atoms with van der Waals surface area (Å²) < 4.78 is 25.6. The number of carboxylic acids is 2. The number of fused-ring (bicyclic) bond motifs is 8. The molecule has 2 saturated heterocycles. The molecule has 0 radical (unpaired) electrons. The van der Waals surface area contributed by atoms with Crippen molar-refractivity contribution < 1.29 is 38.3 Å². The fourth-order valence-electron chi connectivity index (χ4n) is 9.56. The number of carboxylic acid groups (broad SMARTS) is 2. The molecule has 2 fully saturated rings. The van der Waals surface area contributed by atoms with Crippen molar-refractivity contribution in [2.75, 3.05) is 88.5 Å². The first-order valence-electron chi connectivity index (χ1n) is 23.9. The summed E-state index contributed by atoms with van der Waals surface area (Å²) >= 11 is 3.18. The summed E-state index contributed by atoms with van der Waals surface area (Å²) in [4.78, 5) is 67.9. The highest BCUT2D eigenvalue weighted by Gasteiger charge is 2.26. The van der Waals surface area contributed by atoms with Gasteiger partial charge in [-0.2, -0.15) is 0 Å². The van der Waals surface area contributed by atoms with Gasteiger partial charge < -0.3 is 38.5 Å². The summed E-state index contributed by atoms with van der Waals surface area (Å²) in [6.07, 6.45) is 6.12. The number of aromatic nitrogens is 6. The van der Waals surface area contributed by atoms with Gasteiger partial charge in [0.1, 0.15) is 9.66 Å². The largest absolute Gasteiger partial charge is 0.478 e. The number of nitrogens with zero attached hydrogens (tertiary/aromatic N) is 10. The van der Waals surface area contributed by atoms with Crippen molar-refractivity contribution in [3.63, 3.8) is 0 Å². The first kappa shape index (κ1) is 48.8. The van der Waals surface area contributed by atoms with Crippen LogP contribution in [0.1, 0.15) is 32.0 Å². The van der Waals surface area contributed by atoms with Crippen molar-refractivity contribution >= 4 is 88.6 Å². The van der Waals surface area contributed by atoms with E-state index in [1.165, 1.54) is 11.1 Å². The Balaban J connectivity index is 0.000000144. The summed E-state index contributed by atoms with van der Waals surface area (Å²) in [5.41, 5.74) is 6.52. The number of ether oxygens (including phenoxy) is 2. The monoisotopic (exact) mass is 1020 g/mol. The van der Waals surface area contributed by atoms with Gasteiger partial charge in [0.15, 0.2) is 22.8 Å². The van der Waals surface area contributed by atoms with E-state index in [0.717, 1.165) is 153 Å². The smallest absolute Gasteiger partial charge is 0.328 e. The molecule has 12 rings (SSSR count). The highest BCUT2D eigenvalue weighted by molar-refractivity contribution is 7.19. The number of anilines is 2. The Labute approximate surface area is 419 Å². The molecule has 8 aromatic rings. The Kier molecular flexibility index (Phi) is 14.6. The van der Waals surface area contributed by atoms with Gasteiger partial charge in [-0.3, -0.25) is 28.5 Å². The number of hydrogen-bond donors (Lipinski definition) is 2. The van der Waals surface area contributed by atoms with Crippen LogP contribution in [0.15, 0.2) is 79.8 Å². The first-order chi connectivity index (χ1) is 35.0. The van der Waals surface area contributed by atoms with Gasteiger partial charge in [-0.1, -0.05) is 33.6 Å². The summed E-state index contributed by atoms with van der Waals surface area (Å²) in [7, 11) is 0. The molecule has 0 bridgehead atoms. The standard InChI is InChI=1S/2C23H25N5O3S.C4H4O4/c2*1-15-2-3-18-17(12-15)21(25-31-18)27-8-5-26(6-9-27)7-10-28-14-24-22-20(23(28)29)16-4-11-30-13-19(16)32-22;5-3(6)1-2-4(7)8/h2*2-3,12,14H,4-11,13H2,1H3;1-2H,(H,5,6)(H,7,8). The Hall–Kier alpha value is -6.82. The van der Waals surface area contributed by atoms with Gasteiger partial charge in [-0.15, -0.1) is 22.7 Å². The van der Waals surface area contributed by atoms with Crippen molar-refractivity contribution in [3.8, 4) is 0 Å². The Morgan fingerprint density at radius 1 is 0.611 bits per heavy atom. The van der Waals surface area contributed by atoms with Gasteiger partial charge in [0.25, 0.3) is 11.1 Å². The third-order valence-electron chi connectivity index (χ3n) is 13.4. The lowest BCUT2D eigenvalue weighted by Crippen LogP contribution is -2.47. The summed E-state index contributed by atoms with van der Waals surface area (Å²) in [5.74, 6) is -0.652. The zero-order valence-corrected chi connectivity index (χ0v) is 41.6. The highest BCUT2D eigenvalue weighted by atomic mass is 32.1. The molecule has 0 spiro atoms. The highest BCUT2D eigenvalue weighted by Crippen LogP contribution is 2.33. The molecule has 0 amide bonds. The van der Waals surface area contributed by atoms with Gasteiger partial charge >= 0.3 is 11.9 Å². The number of carbonyl (C=O) groups is 2. The van der Waals surface area contributed by atoms with Gasteiger partial charge in [0.05, 0.1) is 60.6 Å². The molecule has 10 heterocycles. The van der Waals surface area contributed by atoms with Crippen LogP contribution < -0.4 is 20.9 Å². The molecule has 0 unspecified atom stereocenters. The van der Waals surface area contributed by atoms with Crippen LogP contribution in [0.25, 0.3) is 42.4 Å². The van der Waals surface area contributed by atoms with Crippen molar-refractivity contribution in [3.05, 3.63) is 114 Å². The minimum atomic E-state index is -1.26. The third kappa shape index (κ3) is 10.5. The topological polar surface area (TPSA) is 228 Å². The van der Waals surface area contributed by atoms with Crippen LogP contribution in [-0.4, -0.2) is 140 Å². The van der Waals surface area contributed by atoms with Crippen LogP contribution in [0.2, 0.25) is 0 Å². The van der Waals surface area contributed by atoms with Crippen LogP contribution in [0.5, 0.6) is 0 Å². The number of aliphatic carboxylic acids is 2. The van der Waals surface area contributed by atoms with E-state index < -0.39 is 11.9 Å². The molecular weight excluding hydrogens is 965 g/mol. The van der Waals surface area contributed by atoms with Crippen LogP contribution >= 0.6 is 22.7 Å². The third-order valence-corrected chi connectivity index (χ3v) is 15.6. The minimum absolute atomic E-state index is 0.0810. The summed E-state index contributed by atoms with van der Waals surface area (Å²) in [5, 5.41) is 28.0. The summed E-state index contributed by atoms with van der Waals surface area (Å²) in [6, 6.07) is 12.3. The van der Waals surface area contributed by atoms with E-state index in [1.807, 2.05) is 24.3 Å². The van der Waals surface area contributed by atoms with E-state index in [-0.39, 0.29) is 11.1 Å². The second-order valence-electron chi connectivity index (χ2n) is 18.1. The quantitative estimate of drug-likeness (QED) is 0.165. The molecule has 4 aliphatic rings. The molecule has 376 valence electrons. The predicted molar refractivity (Wildman–Crippen MR) is 274 cm³/mol. The average molecular weight is 1020 g/mol. The lowest BCUT2D eigenvalue weighted by Gasteiger charge is -2.34. The maximum Gasteiger partial charge on any atom is 0.328 e. The molecule has 0 saturated carbocycles. The van der Waals surface area contributed by atoms with Crippen molar-refractivity contribution in [2.45, 2.75) is 53.0 Å². The molecule has 2 N–H and O–H groups in total. The second kappa shape index (κ2) is 21.5. The SMILES string of the molecule is Cc1ccc2onc(N3CCN(CCn4cnc5sc6c(c5c4=O)CCOC6)CC3)c2c1.Cc1ccc2onc(N3CCN(CCn4cnc5sc6c(c5c4=O)CCOC6)CC3)c2c1.O=C(O)C=CC(=O)O. The van der Waals surface area contributed by atoms with Crippen molar-refractivity contribution in [1.29, 1.82) is 0 Å². The zero-order valence-electron chi connectivity index (χ0n) is 40.0. The number of hydrogen-bond acceptors (Lipinski definition) is 18. The number of thiophene rings is 2. The molecule has 0 atom stereocenters. The Morgan fingerprint density at radius 2 is 1.03 bits per heavy atom. The number of aryl methyl sites for hydroxylation is 2.